The number of carbonyl (C=O) groups excluding carboxylic acids is 1. The van der Waals surface area contributed by atoms with Crippen LogP contribution in [0.25, 0.3) is 0 Å². The number of hydrazone groups is 1. The minimum Gasteiger partial charge on any atom is -0.485 e. The summed E-state index contributed by atoms with van der Waals surface area (Å²) >= 11 is 0. The molecule has 2 aromatic carbocycles. The second-order valence-electron chi connectivity index (χ2n) is 5.04. The average molecular weight is 314 g/mol. The predicted molar refractivity (Wildman–Crippen MR) is 83.1 cm³/mol. The van der Waals surface area contributed by atoms with Gasteiger partial charge in [0.1, 0.15) is 12.4 Å². The number of benzene rings is 2. The minimum absolute atomic E-state index is 0.119. The molecule has 0 fully saturated rings. The number of ether oxygens (including phenoxy) is 2. The van der Waals surface area contributed by atoms with E-state index in [9.17, 15) is 9.18 Å². The van der Waals surface area contributed by atoms with Crippen molar-refractivity contribution in [2.75, 3.05) is 6.61 Å². The van der Waals surface area contributed by atoms with E-state index in [1.165, 1.54) is 12.1 Å². The van der Waals surface area contributed by atoms with Crippen LogP contribution in [-0.2, 0) is 4.79 Å². The highest BCUT2D eigenvalue weighted by molar-refractivity contribution is 5.99. The lowest BCUT2D eigenvalue weighted by molar-refractivity contribution is -0.130. The first-order chi connectivity index (χ1) is 11.1. The quantitative estimate of drug-likeness (QED) is 0.699. The van der Waals surface area contributed by atoms with Crippen molar-refractivity contribution in [3.63, 3.8) is 0 Å². The number of fused-ring (bicyclic) bond motifs is 1. The normalized spacial score (nSPS) is 16.8. The number of nitrogens with zero attached hydrogens (tertiary/aromatic N) is 1. The molecule has 2 aromatic rings. The summed E-state index contributed by atoms with van der Waals surface area (Å²) in [6.45, 7) is 1.84. The fourth-order valence-electron chi connectivity index (χ4n) is 2.12. The Morgan fingerprint density at radius 3 is 2.61 bits per heavy atom. The molecule has 0 unspecified atom stereocenters. The largest absolute Gasteiger partial charge is 0.485 e. The van der Waals surface area contributed by atoms with Crippen molar-refractivity contribution >= 4 is 11.6 Å². The molecule has 1 aliphatic rings. The van der Waals surface area contributed by atoms with Crippen molar-refractivity contribution in [3.8, 4) is 11.5 Å². The van der Waals surface area contributed by atoms with E-state index in [0.29, 0.717) is 17.2 Å². The molecule has 0 saturated carbocycles. The van der Waals surface area contributed by atoms with Gasteiger partial charge < -0.3 is 9.47 Å². The van der Waals surface area contributed by atoms with Crippen molar-refractivity contribution in [2.24, 2.45) is 5.10 Å². The number of halogens is 1. The Morgan fingerprint density at radius 1 is 1.17 bits per heavy atom. The average Bonchev–Trinajstić information content (AvgIpc) is 2.59. The predicted octanol–water partition coefficient (Wildman–Crippen LogP) is 2.51. The maximum absolute atomic E-state index is 12.9. The van der Waals surface area contributed by atoms with Gasteiger partial charge in [0, 0.05) is 0 Å². The third-order valence-electron chi connectivity index (χ3n) is 3.40. The highest BCUT2D eigenvalue weighted by atomic mass is 19.1. The number of carbonyl (C=O) groups is 1. The number of rotatable bonds is 3. The van der Waals surface area contributed by atoms with Crippen LogP contribution < -0.4 is 14.9 Å². The summed E-state index contributed by atoms with van der Waals surface area (Å²) in [6.07, 6.45) is -0.769. The first kappa shape index (κ1) is 15.0. The van der Waals surface area contributed by atoms with Gasteiger partial charge in [-0.2, -0.15) is 5.10 Å². The van der Waals surface area contributed by atoms with Crippen molar-refractivity contribution in [1.82, 2.24) is 5.43 Å². The molecule has 0 saturated heterocycles. The molecule has 118 valence electrons. The fourth-order valence-corrected chi connectivity index (χ4v) is 2.12. The number of hydrogen-bond acceptors (Lipinski definition) is 4. The molecule has 1 N–H and O–H groups in total. The highest BCUT2D eigenvalue weighted by Crippen LogP contribution is 2.30. The van der Waals surface area contributed by atoms with Crippen LogP contribution in [0, 0.1) is 5.82 Å². The Morgan fingerprint density at radius 2 is 1.87 bits per heavy atom. The SMILES string of the molecule is C/C(=N\NC(=O)[C@@H]1COc2ccccc2O1)c1ccc(F)cc1. The second kappa shape index (κ2) is 6.48. The van der Waals surface area contributed by atoms with Gasteiger partial charge in [0.25, 0.3) is 5.91 Å². The first-order valence-electron chi connectivity index (χ1n) is 7.12. The number of hydrogen-bond donors (Lipinski definition) is 1. The zero-order valence-electron chi connectivity index (χ0n) is 12.5. The van der Waals surface area contributed by atoms with Gasteiger partial charge in [0.2, 0.25) is 6.10 Å². The Kier molecular flexibility index (Phi) is 4.23. The molecule has 0 spiro atoms. The molecule has 1 heterocycles. The van der Waals surface area contributed by atoms with Crippen LogP contribution in [0.15, 0.2) is 53.6 Å². The van der Waals surface area contributed by atoms with E-state index in [2.05, 4.69) is 10.5 Å². The summed E-state index contributed by atoms with van der Waals surface area (Å²) < 4.78 is 24.0. The monoisotopic (exact) mass is 314 g/mol. The van der Waals surface area contributed by atoms with Crippen LogP contribution in [0.4, 0.5) is 4.39 Å². The fraction of sp³-hybridized carbons (Fsp3) is 0.176. The van der Waals surface area contributed by atoms with Crippen LogP contribution in [0.5, 0.6) is 11.5 Å². The molecule has 0 bridgehead atoms. The van der Waals surface area contributed by atoms with Gasteiger partial charge in [-0.15, -0.1) is 0 Å². The summed E-state index contributed by atoms with van der Waals surface area (Å²) in [6, 6.07) is 13.0. The third kappa shape index (κ3) is 3.48. The van der Waals surface area contributed by atoms with E-state index in [4.69, 9.17) is 9.47 Å². The van der Waals surface area contributed by atoms with Gasteiger partial charge in [-0.1, -0.05) is 24.3 Å². The zero-order valence-corrected chi connectivity index (χ0v) is 12.5. The Hall–Kier alpha value is -2.89. The topological polar surface area (TPSA) is 59.9 Å². The van der Waals surface area contributed by atoms with Crippen LogP contribution in [-0.4, -0.2) is 24.3 Å². The van der Waals surface area contributed by atoms with Gasteiger partial charge in [-0.25, -0.2) is 9.82 Å². The van der Waals surface area contributed by atoms with Crippen molar-refractivity contribution in [2.45, 2.75) is 13.0 Å². The molecule has 23 heavy (non-hydrogen) atoms. The lowest BCUT2D eigenvalue weighted by Crippen LogP contribution is -2.42. The molecule has 0 aliphatic carbocycles. The summed E-state index contributed by atoms with van der Waals surface area (Å²) in [4.78, 5) is 12.1. The standard InChI is InChI=1S/C17H15FN2O3/c1-11(12-6-8-13(18)9-7-12)19-20-17(21)16-10-22-14-4-2-3-5-15(14)23-16/h2-9,16H,10H2,1H3,(H,20,21)/b19-11+/t16-/m0/s1. The number of nitrogens with one attached hydrogen (secondary N) is 1. The molecule has 0 radical (unpaired) electrons. The van der Waals surface area contributed by atoms with Gasteiger partial charge in [-0.05, 0) is 36.8 Å². The molecule has 6 heteroatoms. The lowest BCUT2D eigenvalue weighted by Gasteiger charge is -2.24. The second-order valence-corrected chi connectivity index (χ2v) is 5.04. The van der Waals surface area contributed by atoms with Gasteiger partial charge in [0.05, 0.1) is 5.71 Å². The summed E-state index contributed by atoms with van der Waals surface area (Å²) in [7, 11) is 0. The van der Waals surface area contributed by atoms with E-state index >= 15 is 0 Å². The third-order valence-corrected chi connectivity index (χ3v) is 3.40. The van der Waals surface area contributed by atoms with Crippen LogP contribution >= 0.6 is 0 Å². The smallest absolute Gasteiger partial charge is 0.284 e. The van der Waals surface area contributed by atoms with Gasteiger partial charge >= 0.3 is 0 Å². The van der Waals surface area contributed by atoms with Gasteiger partial charge in [0.15, 0.2) is 11.5 Å². The van der Waals surface area contributed by atoms with E-state index in [1.807, 2.05) is 6.07 Å². The van der Waals surface area contributed by atoms with Crippen molar-refractivity contribution in [3.05, 3.63) is 59.9 Å². The maximum Gasteiger partial charge on any atom is 0.284 e. The van der Waals surface area contributed by atoms with E-state index in [-0.39, 0.29) is 12.4 Å². The van der Waals surface area contributed by atoms with Crippen LogP contribution in [0.1, 0.15) is 12.5 Å². The molecule has 5 nitrogen and oxygen atoms in total. The molecule has 0 aromatic heterocycles. The van der Waals surface area contributed by atoms with E-state index < -0.39 is 12.0 Å². The van der Waals surface area contributed by atoms with Crippen molar-refractivity contribution in [1.29, 1.82) is 0 Å². The summed E-state index contributed by atoms with van der Waals surface area (Å²) in [5, 5.41) is 4.01. The Balaban J connectivity index is 1.63. The molecule has 1 aliphatic heterocycles. The molecular formula is C17H15FN2O3. The molecule has 3 rings (SSSR count). The number of para-hydroxylation sites is 2. The lowest BCUT2D eigenvalue weighted by atomic mass is 10.1. The van der Waals surface area contributed by atoms with Crippen LogP contribution in [0.2, 0.25) is 0 Å². The van der Waals surface area contributed by atoms with Crippen LogP contribution in [0.3, 0.4) is 0 Å². The zero-order chi connectivity index (χ0) is 16.2. The summed E-state index contributed by atoms with van der Waals surface area (Å²) in [5.74, 6) is 0.415. The molecule has 1 amide bonds. The molecule has 1 atom stereocenters. The Labute approximate surface area is 132 Å². The first-order valence-corrected chi connectivity index (χ1v) is 7.12. The minimum atomic E-state index is -0.769. The highest BCUT2D eigenvalue weighted by Gasteiger charge is 2.27. The maximum atomic E-state index is 12.9. The summed E-state index contributed by atoms with van der Waals surface area (Å²) in [5.41, 5.74) is 3.73. The van der Waals surface area contributed by atoms with Crippen molar-refractivity contribution < 1.29 is 18.7 Å². The number of amides is 1. The van der Waals surface area contributed by atoms with Gasteiger partial charge in [-0.3, -0.25) is 4.79 Å². The Bertz CT molecular complexity index is 744. The molecular weight excluding hydrogens is 299 g/mol. The van der Waals surface area contributed by atoms with E-state index in [0.717, 1.165) is 5.56 Å². The van der Waals surface area contributed by atoms with E-state index in [1.54, 1.807) is 37.3 Å².